The van der Waals surface area contributed by atoms with Gasteiger partial charge in [0.15, 0.2) is 0 Å². The van der Waals surface area contributed by atoms with Crippen molar-refractivity contribution in [3.8, 4) is 0 Å². The molecular weight excluding hydrogens is 218 g/mol. The Morgan fingerprint density at radius 3 is 2.78 bits per heavy atom. The Morgan fingerprint density at radius 1 is 1.28 bits per heavy atom. The Hall–Kier alpha value is -0.820. The molecule has 1 heteroatoms. The zero-order chi connectivity index (χ0) is 13.0. The van der Waals surface area contributed by atoms with Crippen molar-refractivity contribution in [2.45, 2.75) is 58.4 Å². The van der Waals surface area contributed by atoms with Crippen LogP contribution in [0.3, 0.4) is 0 Å². The zero-order valence-corrected chi connectivity index (χ0v) is 12.1. The zero-order valence-electron chi connectivity index (χ0n) is 12.1. The van der Waals surface area contributed by atoms with Crippen molar-refractivity contribution in [1.29, 1.82) is 0 Å². The minimum absolute atomic E-state index is 0.631. The Bertz CT molecular complexity index is 370. The number of rotatable bonds is 5. The monoisotopic (exact) mass is 245 g/mol. The average molecular weight is 245 g/mol. The molecule has 1 aliphatic rings. The van der Waals surface area contributed by atoms with Gasteiger partial charge in [-0.15, -0.1) is 0 Å². The average Bonchev–Trinajstić information content (AvgIpc) is 2.39. The largest absolute Gasteiger partial charge is 0.313 e. The predicted octanol–water partition coefficient (Wildman–Crippen LogP) is 4.13. The van der Waals surface area contributed by atoms with E-state index < -0.39 is 0 Å². The van der Waals surface area contributed by atoms with Crippen LogP contribution in [0.1, 0.15) is 57.1 Å². The summed E-state index contributed by atoms with van der Waals surface area (Å²) >= 11 is 0. The fraction of sp³-hybridized carbons (Fsp3) is 0.647. The molecule has 2 atom stereocenters. The van der Waals surface area contributed by atoms with Crippen molar-refractivity contribution in [3.63, 3.8) is 0 Å². The maximum absolute atomic E-state index is 3.78. The number of nitrogens with one attached hydrogen (secondary N) is 1. The van der Waals surface area contributed by atoms with E-state index in [-0.39, 0.29) is 0 Å². The molecule has 0 fully saturated rings. The van der Waals surface area contributed by atoms with E-state index in [2.05, 4.69) is 50.4 Å². The lowest BCUT2D eigenvalue weighted by Crippen LogP contribution is -2.40. The van der Waals surface area contributed by atoms with Gasteiger partial charge in [-0.3, -0.25) is 0 Å². The summed E-state index contributed by atoms with van der Waals surface area (Å²) < 4.78 is 0. The fourth-order valence-electron chi connectivity index (χ4n) is 3.32. The van der Waals surface area contributed by atoms with E-state index in [0.29, 0.717) is 17.9 Å². The topological polar surface area (TPSA) is 12.0 Å². The molecule has 0 bridgehead atoms. The van der Waals surface area contributed by atoms with Gasteiger partial charge in [0.25, 0.3) is 0 Å². The van der Waals surface area contributed by atoms with Crippen molar-refractivity contribution >= 4 is 0 Å². The highest BCUT2D eigenvalue weighted by molar-refractivity contribution is 5.33. The van der Waals surface area contributed by atoms with Crippen molar-refractivity contribution in [2.75, 3.05) is 6.54 Å². The molecule has 0 spiro atoms. The maximum atomic E-state index is 3.78. The second-order valence-corrected chi connectivity index (χ2v) is 5.92. The highest BCUT2D eigenvalue weighted by atomic mass is 14.9. The van der Waals surface area contributed by atoms with Crippen LogP contribution in [0.2, 0.25) is 0 Å². The van der Waals surface area contributed by atoms with Gasteiger partial charge in [-0.2, -0.15) is 0 Å². The van der Waals surface area contributed by atoms with E-state index in [1.54, 1.807) is 11.1 Å². The molecule has 1 aliphatic carbocycles. The van der Waals surface area contributed by atoms with E-state index in [0.717, 1.165) is 6.54 Å². The second kappa shape index (κ2) is 6.38. The lowest BCUT2D eigenvalue weighted by Gasteiger charge is -2.35. The minimum Gasteiger partial charge on any atom is -0.313 e. The second-order valence-electron chi connectivity index (χ2n) is 5.92. The SMILES string of the molecule is CCCNC(C(C)C)C1CCCc2ccccc21. The van der Waals surface area contributed by atoms with Crippen LogP contribution in [0.4, 0.5) is 0 Å². The summed E-state index contributed by atoms with van der Waals surface area (Å²) in [6.45, 7) is 8.09. The standard InChI is InChI=1S/C17H27N/c1-4-12-18-17(13(2)3)16-11-7-9-14-8-5-6-10-15(14)16/h5-6,8,10,13,16-18H,4,7,9,11-12H2,1-3H3. The van der Waals surface area contributed by atoms with Crippen LogP contribution in [0, 0.1) is 5.92 Å². The molecule has 1 aromatic carbocycles. The van der Waals surface area contributed by atoms with Gasteiger partial charge in [-0.25, -0.2) is 0 Å². The third-order valence-electron chi connectivity index (χ3n) is 4.20. The summed E-state index contributed by atoms with van der Waals surface area (Å²) in [6.07, 6.45) is 5.18. The molecule has 0 heterocycles. The smallest absolute Gasteiger partial charge is 0.0159 e. The number of hydrogen-bond donors (Lipinski definition) is 1. The van der Waals surface area contributed by atoms with E-state index in [4.69, 9.17) is 0 Å². The first-order valence-corrected chi connectivity index (χ1v) is 7.55. The molecule has 2 rings (SSSR count). The molecule has 0 radical (unpaired) electrons. The Kier molecular flexibility index (Phi) is 4.82. The minimum atomic E-state index is 0.631. The summed E-state index contributed by atoms with van der Waals surface area (Å²) in [4.78, 5) is 0. The molecule has 0 saturated heterocycles. The molecule has 1 nitrogen and oxygen atoms in total. The van der Waals surface area contributed by atoms with E-state index in [9.17, 15) is 0 Å². The van der Waals surface area contributed by atoms with Crippen LogP contribution in [0.15, 0.2) is 24.3 Å². The van der Waals surface area contributed by atoms with Gasteiger partial charge in [-0.05, 0) is 55.2 Å². The number of aryl methyl sites for hydroxylation is 1. The quantitative estimate of drug-likeness (QED) is 0.822. The van der Waals surface area contributed by atoms with Crippen LogP contribution in [0.5, 0.6) is 0 Å². The molecule has 100 valence electrons. The lowest BCUT2D eigenvalue weighted by atomic mass is 9.75. The van der Waals surface area contributed by atoms with Gasteiger partial charge in [-0.1, -0.05) is 45.0 Å². The van der Waals surface area contributed by atoms with Gasteiger partial charge in [0.1, 0.15) is 0 Å². The van der Waals surface area contributed by atoms with Crippen LogP contribution in [-0.2, 0) is 6.42 Å². The van der Waals surface area contributed by atoms with Crippen LogP contribution in [-0.4, -0.2) is 12.6 Å². The maximum Gasteiger partial charge on any atom is 0.0159 e. The van der Waals surface area contributed by atoms with Crippen LogP contribution in [0.25, 0.3) is 0 Å². The Balaban J connectivity index is 2.21. The highest BCUT2D eigenvalue weighted by Gasteiger charge is 2.28. The summed E-state index contributed by atoms with van der Waals surface area (Å²) in [7, 11) is 0. The predicted molar refractivity (Wildman–Crippen MR) is 79.0 cm³/mol. The molecule has 0 aliphatic heterocycles. The number of fused-ring (bicyclic) bond motifs is 1. The van der Waals surface area contributed by atoms with Crippen LogP contribution >= 0.6 is 0 Å². The normalized spacial score (nSPS) is 20.8. The lowest BCUT2D eigenvalue weighted by molar-refractivity contribution is 0.317. The number of benzene rings is 1. The molecule has 0 saturated carbocycles. The van der Waals surface area contributed by atoms with Crippen molar-refractivity contribution in [2.24, 2.45) is 5.92 Å². The summed E-state index contributed by atoms with van der Waals surface area (Å²) in [5.74, 6) is 1.41. The van der Waals surface area contributed by atoms with Gasteiger partial charge in [0.2, 0.25) is 0 Å². The summed E-state index contributed by atoms with van der Waals surface area (Å²) in [6, 6.07) is 9.69. The summed E-state index contributed by atoms with van der Waals surface area (Å²) in [5.41, 5.74) is 3.18. The molecule has 2 unspecified atom stereocenters. The third-order valence-corrected chi connectivity index (χ3v) is 4.20. The molecule has 1 N–H and O–H groups in total. The van der Waals surface area contributed by atoms with E-state index in [1.165, 1.54) is 25.7 Å². The highest BCUT2D eigenvalue weighted by Crippen LogP contribution is 2.36. The third kappa shape index (κ3) is 2.95. The first-order chi connectivity index (χ1) is 8.74. The van der Waals surface area contributed by atoms with E-state index >= 15 is 0 Å². The van der Waals surface area contributed by atoms with Crippen molar-refractivity contribution in [3.05, 3.63) is 35.4 Å². The van der Waals surface area contributed by atoms with Gasteiger partial charge < -0.3 is 5.32 Å². The van der Waals surface area contributed by atoms with Gasteiger partial charge >= 0.3 is 0 Å². The first kappa shape index (κ1) is 13.6. The van der Waals surface area contributed by atoms with E-state index in [1.807, 2.05) is 0 Å². The molecule has 0 aromatic heterocycles. The van der Waals surface area contributed by atoms with Gasteiger partial charge in [0.05, 0.1) is 0 Å². The summed E-state index contributed by atoms with van der Waals surface area (Å²) in [5, 5.41) is 3.78. The van der Waals surface area contributed by atoms with Gasteiger partial charge in [0, 0.05) is 6.04 Å². The molecule has 0 amide bonds. The number of hydrogen-bond acceptors (Lipinski definition) is 1. The Morgan fingerprint density at radius 2 is 2.06 bits per heavy atom. The Labute approximate surface area is 112 Å². The van der Waals surface area contributed by atoms with Crippen molar-refractivity contribution in [1.82, 2.24) is 5.32 Å². The fourth-order valence-corrected chi connectivity index (χ4v) is 3.32. The van der Waals surface area contributed by atoms with Crippen LogP contribution < -0.4 is 5.32 Å². The molecule has 18 heavy (non-hydrogen) atoms. The van der Waals surface area contributed by atoms with Crippen molar-refractivity contribution < 1.29 is 0 Å². The first-order valence-electron chi connectivity index (χ1n) is 7.55. The molecule has 1 aromatic rings. The molecular formula is C17H27N.